The van der Waals surface area contributed by atoms with Gasteiger partial charge in [0.25, 0.3) is 5.91 Å². The number of nitrogens with one attached hydrogen (secondary N) is 2. The third-order valence-electron chi connectivity index (χ3n) is 3.01. The molecule has 128 valence electrons. The van der Waals surface area contributed by atoms with Gasteiger partial charge in [0.1, 0.15) is 18.1 Å². The van der Waals surface area contributed by atoms with Crippen molar-refractivity contribution >= 4 is 35.4 Å². The molecule has 0 saturated carbocycles. The fourth-order valence-electron chi connectivity index (χ4n) is 1.78. The molecule has 1 aromatic heterocycles. The maximum atomic E-state index is 12.9. The Labute approximate surface area is 146 Å². The van der Waals surface area contributed by atoms with E-state index in [1.165, 1.54) is 30.1 Å². The number of imidazole rings is 1. The lowest BCUT2D eigenvalue weighted by Crippen LogP contribution is -2.42. The van der Waals surface area contributed by atoms with Crippen LogP contribution in [0.25, 0.3) is 0 Å². The average Bonchev–Trinajstić information content (AvgIpc) is 2.92. The first kappa shape index (κ1) is 18.1. The van der Waals surface area contributed by atoms with E-state index in [9.17, 15) is 14.0 Å². The van der Waals surface area contributed by atoms with Crippen molar-refractivity contribution in [2.45, 2.75) is 11.8 Å². The minimum Gasteiger partial charge on any atom is -0.443 e. The van der Waals surface area contributed by atoms with Crippen molar-refractivity contribution < 1.29 is 18.7 Å². The summed E-state index contributed by atoms with van der Waals surface area (Å²) in [6.07, 6.45) is 2.35. The van der Waals surface area contributed by atoms with Crippen molar-refractivity contribution in [1.82, 2.24) is 20.4 Å². The Balaban J connectivity index is 1.84. The van der Waals surface area contributed by atoms with Crippen LogP contribution >= 0.6 is 23.4 Å². The lowest BCUT2D eigenvalue weighted by atomic mass is 10.2. The van der Waals surface area contributed by atoms with Crippen molar-refractivity contribution in [2.24, 2.45) is 7.05 Å². The number of carbonyl (C=O) groups excluding carboxylic acids is 2. The predicted octanol–water partition coefficient (Wildman–Crippen LogP) is 2.51. The molecule has 2 rings (SSSR count). The first-order valence-corrected chi connectivity index (χ1v) is 8.25. The Kier molecular flexibility index (Phi) is 6.04. The molecular weight excluding hydrogens is 359 g/mol. The molecule has 1 heterocycles. The maximum absolute atomic E-state index is 12.9. The summed E-state index contributed by atoms with van der Waals surface area (Å²) in [6.45, 7) is -0.164. The van der Waals surface area contributed by atoms with Gasteiger partial charge in [0, 0.05) is 12.6 Å². The molecule has 24 heavy (non-hydrogen) atoms. The van der Waals surface area contributed by atoms with Gasteiger partial charge in [-0.1, -0.05) is 29.4 Å². The number of rotatable bonds is 4. The molecule has 0 radical (unpaired) electrons. The number of hydrazine groups is 1. The normalized spacial score (nSPS) is 10.3. The molecule has 1 aromatic carbocycles. The monoisotopic (exact) mass is 372 g/mol. The summed E-state index contributed by atoms with van der Waals surface area (Å²) in [5.41, 5.74) is 5.04. The summed E-state index contributed by atoms with van der Waals surface area (Å²) in [7, 11) is 1.68. The molecule has 0 atom stereocenters. The fraction of sp³-hybridized carbons (Fsp3) is 0.214. The number of carbonyl (C=O) groups is 2. The van der Waals surface area contributed by atoms with Gasteiger partial charge in [-0.25, -0.2) is 19.6 Å². The lowest BCUT2D eigenvalue weighted by molar-refractivity contribution is 0.0896. The highest BCUT2D eigenvalue weighted by molar-refractivity contribution is 7.98. The van der Waals surface area contributed by atoms with Crippen LogP contribution in [0.2, 0.25) is 5.02 Å². The van der Waals surface area contributed by atoms with E-state index in [0.29, 0.717) is 10.7 Å². The van der Waals surface area contributed by atoms with Crippen LogP contribution < -0.4 is 10.9 Å². The molecule has 7 nitrogen and oxygen atoms in total. The van der Waals surface area contributed by atoms with E-state index in [-0.39, 0.29) is 17.3 Å². The Hall–Kier alpha value is -2.26. The Morgan fingerprint density at radius 3 is 2.79 bits per heavy atom. The summed E-state index contributed by atoms with van der Waals surface area (Å²) >= 11 is 7.21. The van der Waals surface area contributed by atoms with Crippen molar-refractivity contribution in [1.29, 1.82) is 0 Å². The van der Waals surface area contributed by atoms with Gasteiger partial charge in [-0.3, -0.25) is 10.2 Å². The SMILES string of the molecule is CSc1ncc(C(=O)NNC(=O)OCc2ccc(F)cc2Cl)n1C. The van der Waals surface area contributed by atoms with Gasteiger partial charge < -0.3 is 9.30 Å². The Morgan fingerprint density at radius 2 is 2.17 bits per heavy atom. The number of hydrogen-bond donors (Lipinski definition) is 2. The number of ether oxygens (including phenoxy) is 1. The van der Waals surface area contributed by atoms with Gasteiger partial charge in [-0.05, 0) is 18.4 Å². The molecule has 0 bridgehead atoms. The summed E-state index contributed by atoms with van der Waals surface area (Å²) in [6, 6.07) is 3.73. The first-order valence-electron chi connectivity index (χ1n) is 6.65. The van der Waals surface area contributed by atoms with Gasteiger partial charge in [0.05, 0.1) is 11.2 Å². The molecule has 0 aliphatic heterocycles. The second-order valence-electron chi connectivity index (χ2n) is 4.58. The first-order chi connectivity index (χ1) is 11.4. The van der Waals surface area contributed by atoms with Gasteiger partial charge in [0.15, 0.2) is 5.16 Å². The highest BCUT2D eigenvalue weighted by Gasteiger charge is 2.14. The van der Waals surface area contributed by atoms with Crippen LogP contribution in [0.15, 0.2) is 29.6 Å². The number of thioether (sulfide) groups is 1. The molecule has 0 aliphatic rings. The number of hydrogen-bond acceptors (Lipinski definition) is 5. The summed E-state index contributed by atoms with van der Waals surface area (Å²) in [5, 5.41) is 0.806. The van der Waals surface area contributed by atoms with E-state index in [2.05, 4.69) is 15.8 Å². The topological polar surface area (TPSA) is 85.2 Å². The van der Waals surface area contributed by atoms with Crippen molar-refractivity contribution in [3.8, 4) is 0 Å². The molecule has 0 aliphatic carbocycles. The largest absolute Gasteiger partial charge is 0.443 e. The molecule has 0 unspecified atom stereocenters. The van der Waals surface area contributed by atoms with Gasteiger partial charge >= 0.3 is 6.09 Å². The van der Waals surface area contributed by atoms with Crippen molar-refractivity contribution in [2.75, 3.05) is 6.26 Å². The lowest BCUT2D eigenvalue weighted by Gasteiger charge is -2.09. The van der Waals surface area contributed by atoms with Crippen LogP contribution in [-0.2, 0) is 18.4 Å². The quantitative estimate of drug-likeness (QED) is 0.636. The minimum atomic E-state index is -0.879. The zero-order valence-corrected chi connectivity index (χ0v) is 14.4. The zero-order chi connectivity index (χ0) is 17.7. The fourth-order valence-corrected chi connectivity index (χ4v) is 2.54. The van der Waals surface area contributed by atoms with Crippen LogP contribution in [0.4, 0.5) is 9.18 Å². The third kappa shape index (κ3) is 4.39. The molecule has 2 N–H and O–H groups in total. The average molecular weight is 373 g/mol. The highest BCUT2D eigenvalue weighted by atomic mass is 35.5. The molecule has 2 aromatic rings. The van der Waals surface area contributed by atoms with Crippen LogP contribution in [0.1, 0.15) is 16.1 Å². The van der Waals surface area contributed by atoms with Crippen LogP contribution in [0.3, 0.4) is 0 Å². The van der Waals surface area contributed by atoms with E-state index >= 15 is 0 Å². The third-order valence-corrected chi connectivity index (χ3v) is 4.11. The number of benzene rings is 1. The molecule has 10 heteroatoms. The van der Waals surface area contributed by atoms with Crippen LogP contribution in [-0.4, -0.2) is 27.8 Å². The molecule has 0 saturated heterocycles. The van der Waals surface area contributed by atoms with Gasteiger partial charge in [-0.2, -0.15) is 0 Å². The zero-order valence-electron chi connectivity index (χ0n) is 12.8. The Morgan fingerprint density at radius 1 is 1.42 bits per heavy atom. The number of amides is 2. The predicted molar refractivity (Wildman–Crippen MR) is 87.2 cm³/mol. The second-order valence-corrected chi connectivity index (χ2v) is 5.76. The van der Waals surface area contributed by atoms with E-state index in [4.69, 9.17) is 16.3 Å². The van der Waals surface area contributed by atoms with E-state index in [0.717, 1.165) is 6.07 Å². The van der Waals surface area contributed by atoms with Crippen molar-refractivity contribution in [3.05, 3.63) is 46.5 Å². The molecule has 0 fully saturated rings. The van der Waals surface area contributed by atoms with Gasteiger partial charge in [0.2, 0.25) is 0 Å². The number of halogens is 2. The molecule has 2 amide bonds. The summed E-state index contributed by atoms with van der Waals surface area (Å²) in [5.74, 6) is -1.02. The van der Waals surface area contributed by atoms with Crippen LogP contribution in [0, 0.1) is 5.82 Å². The van der Waals surface area contributed by atoms with Crippen molar-refractivity contribution in [3.63, 3.8) is 0 Å². The van der Waals surface area contributed by atoms with E-state index < -0.39 is 17.8 Å². The number of aromatic nitrogens is 2. The molecular formula is C14H14ClFN4O3S. The van der Waals surface area contributed by atoms with E-state index in [1.54, 1.807) is 11.6 Å². The molecule has 0 spiro atoms. The highest BCUT2D eigenvalue weighted by Crippen LogP contribution is 2.18. The Bertz CT molecular complexity index is 768. The smallest absolute Gasteiger partial charge is 0.426 e. The van der Waals surface area contributed by atoms with Crippen LogP contribution in [0.5, 0.6) is 0 Å². The standard InChI is InChI=1S/C14H14ClFN4O3S/c1-20-11(6-17-13(20)24-2)12(21)18-19-14(22)23-7-8-3-4-9(16)5-10(8)15/h3-6H,7H2,1-2H3,(H,18,21)(H,19,22). The second kappa shape index (κ2) is 8.02. The van der Waals surface area contributed by atoms with E-state index in [1.807, 2.05) is 6.26 Å². The number of nitrogens with zero attached hydrogens (tertiary/aromatic N) is 2. The minimum absolute atomic E-state index is 0.145. The van der Waals surface area contributed by atoms with Gasteiger partial charge in [-0.15, -0.1) is 0 Å². The maximum Gasteiger partial charge on any atom is 0.426 e. The summed E-state index contributed by atoms with van der Waals surface area (Å²) < 4.78 is 19.4. The summed E-state index contributed by atoms with van der Waals surface area (Å²) in [4.78, 5) is 27.6.